The van der Waals surface area contributed by atoms with Gasteiger partial charge >= 0.3 is 0 Å². The molecule has 0 aliphatic heterocycles. The fraction of sp³-hybridized carbons (Fsp3) is 0.571. The molecule has 0 aliphatic carbocycles. The van der Waals surface area contributed by atoms with E-state index in [1.807, 2.05) is 11.9 Å². The number of hydrogen-bond donors (Lipinski definition) is 1. The quantitative estimate of drug-likeness (QED) is 0.670. The van der Waals surface area contributed by atoms with Crippen LogP contribution in [0.15, 0.2) is 18.2 Å². The molecule has 0 saturated heterocycles. The number of rotatable bonds is 5. The maximum Gasteiger partial charge on any atom is 0.288 e. The number of nitro groups is 1. The molecule has 112 valence electrons. The normalized spacial score (nSPS) is 13.6. The fourth-order valence-electron chi connectivity index (χ4n) is 2.27. The Kier molecular flexibility index (Phi) is 5.50. The highest BCUT2D eigenvalue weighted by Crippen LogP contribution is 2.28. The Morgan fingerprint density at radius 1 is 1.45 bits per heavy atom. The van der Waals surface area contributed by atoms with Crippen LogP contribution in [-0.4, -0.2) is 34.6 Å². The summed E-state index contributed by atoms with van der Waals surface area (Å²) in [7, 11) is 1.90. The van der Waals surface area contributed by atoms with Crippen molar-refractivity contribution in [1.82, 2.24) is 4.90 Å². The van der Waals surface area contributed by atoms with E-state index in [4.69, 9.17) is 11.6 Å². The minimum Gasteiger partial charge on any atom is -0.395 e. The van der Waals surface area contributed by atoms with Gasteiger partial charge in [0.25, 0.3) is 5.69 Å². The topological polar surface area (TPSA) is 66.6 Å². The first-order chi connectivity index (χ1) is 9.16. The van der Waals surface area contributed by atoms with Crippen LogP contribution in [0.25, 0.3) is 0 Å². The van der Waals surface area contributed by atoms with Gasteiger partial charge in [0.15, 0.2) is 0 Å². The van der Waals surface area contributed by atoms with Crippen molar-refractivity contribution in [2.75, 3.05) is 13.7 Å². The number of halogens is 1. The highest BCUT2D eigenvalue weighted by atomic mass is 35.5. The molecule has 0 aliphatic rings. The van der Waals surface area contributed by atoms with Gasteiger partial charge in [0.2, 0.25) is 0 Å². The van der Waals surface area contributed by atoms with Gasteiger partial charge in [-0.2, -0.15) is 0 Å². The monoisotopic (exact) mass is 300 g/mol. The molecule has 0 heterocycles. The summed E-state index contributed by atoms with van der Waals surface area (Å²) in [5, 5.41) is 20.5. The summed E-state index contributed by atoms with van der Waals surface area (Å²) in [4.78, 5) is 12.4. The second-order valence-electron chi connectivity index (χ2n) is 6.02. The van der Waals surface area contributed by atoms with E-state index in [1.165, 1.54) is 12.1 Å². The van der Waals surface area contributed by atoms with E-state index in [-0.39, 0.29) is 28.8 Å². The van der Waals surface area contributed by atoms with Crippen LogP contribution in [0.4, 0.5) is 5.69 Å². The predicted octanol–water partition coefficient (Wildman–Crippen LogP) is 3.09. The third kappa shape index (κ3) is 4.16. The molecule has 0 saturated carbocycles. The molecule has 5 nitrogen and oxygen atoms in total. The lowest BCUT2D eigenvalue weighted by molar-refractivity contribution is -0.384. The Bertz CT molecular complexity index is 486. The van der Waals surface area contributed by atoms with Crippen molar-refractivity contribution in [2.45, 2.75) is 33.4 Å². The van der Waals surface area contributed by atoms with E-state index in [1.54, 1.807) is 6.07 Å². The zero-order valence-electron chi connectivity index (χ0n) is 12.3. The van der Waals surface area contributed by atoms with Gasteiger partial charge < -0.3 is 5.11 Å². The lowest BCUT2D eigenvalue weighted by Gasteiger charge is -2.36. The van der Waals surface area contributed by atoms with Crippen LogP contribution in [0.2, 0.25) is 5.02 Å². The van der Waals surface area contributed by atoms with E-state index >= 15 is 0 Å². The molecule has 0 amide bonds. The first-order valence-electron chi connectivity index (χ1n) is 6.40. The van der Waals surface area contributed by atoms with Gasteiger partial charge in [0.05, 0.1) is 11.5 Å². The van der Waals surface area contributed by atoms with E-state index in [9.17, 15) is 15.2 Å². The van der Waals surface area contributed by atoms with Crippen molar-refractivity contribution in [2.24, 2.45) is 5.41 Å². The van der Waals surface area contributed by atoms with Crippen molar-refractivity contribution in [3.05, 3.63) is 38.9 Å². The number of aliphatic hydroxyl groups is 1. The maximum absolute atomic E-state index is 10.9. The molecule has 1 aromatic rings. The molecule has 1 rings (SSSR count). The number of aliphatic hydroxyl groups excluding tert-OH is 1. The molecule has 20 heavy (non-hydrogen) atoms. The van der Waals surface area contributed by atoms with Crippen LogP contribution < -0.4 is 0 Å². The van der Waals surface area contributed by atoms with Crippen molar-refractivity contribution >= 4 is 17.3 Å². The van der Waals surface area contributed by atoms with Crippen LogP contribution in [0.5, 0.6) is 0 Å². The number of likely N-dealkylation sites (N-methyl/N-ethyl adjacent to an activating group) is 1. The van der Waals surface area contributed by atoms with Crippen molar-refractivity contribution < 1.29 is 10.0 Å². The summed E-state index contributed by atoms with van der Waals surface area (Å²) in [6, 6.07) is 4.75. The molecule has 1 unspecified atom stereocenters. The van der Waals surface area contributed by atoms with E-state index in [0.717, 1.165) is 5.56 Å². The summed E-state index contributed by atoms with van der Waals surface area (Å²) in [5.41, 5.74) is 0.627. The molecule has 0 fully saturated rings. The second-order valence-corrected chi connectivity index (χ2v) is 6.43. The first-order valence-corrected chi connectivity index (χ1v) is 6.78. The highest BCUT2D eigenvalue weighted by molar-refractivity contribution is 6.32. The predicted molar refractivity (Wildman–Crippen MR) is 79.9 cm³/mol. The van der Waals surface area contributed by atoms with Gasteiger partial charge in [-0.1, -0.05) is 38.4 Å². The number of benzene rings is 1. The van der Waals surface area contributed by atoms with Crippen molar-refractivity contribution in [3.63, 3.8) is 0 Å². The highest BCUT2D eigenvalue weighted by Gasteiger charge is 2.27. The Morgan fingerprint density at radius 3 is 2.50 bits per heavy atom. The van der Waals surface area contributed by atoms with E-state index < -0.39 is 4.92 Å². The zero-order chi connectivity index (χ0) is 15.5. The average Bonchev–Trinajstić information content (AvgIpc) is 2.30. The van der Waals surface area contributed by atoms with Gasteiger partial charge in [-0.25, -0.2) is 0 Å². The molecule has 0 bridgehead atoms. The molecule has 0 radical (unpaired) electrons. The largest absolute Gasteiger partial charge is 0.395 e. The standard InChI is InChI=1S/C14H21ClN2O3/c1-14(2,3)13(9-18)16(4)8-10-5-6-11(15)12(7-10)17(19)20/h5-7,13,18H,8-9H2,1-4H3. The number of nitrogens with zero attached hydrogens (tertiary/aromatic N) is 2. The van der Waals surface area contributed by atoms with Crippen molar-refractivity contribution in [3.8, 4) is 0 Å². The molecular formula is C14H21ClN2O3. The first kappa shape index (κ1) is 16.9. The maximum atomic E-state index is 10.9. The Labute approximate surface area is 124 Å². The smallest absolute Gasteiger partial charge is 0.288 e. The SMILES string of the molecule is CN(Cc1ccc(Cl)c([N+](=O)[O-])c1)C(CO)C(C)(C)C. The number of nitro benzene ring substituents is 1. The summed E-state index contributed by atoms with van der Waals surface area (Å²) in [6.45, 7) is 6.70. The van der Waals surface area contributed by atoms with Gasteiger partial charge in [-0.3, -0.25) is 15.0 Å². The summed E-state index contributed by atoms with van der Waals surface area (Å²) < 4.78 is 0. The Balaban J connectivity index is 2.93. The Morgan fingerprint density at radius 2 is 2.05 bits per heavy atom. The minimum atomic E-state index is -0.487. The van der Waals surface area contributed by atoms with E-state index in [2.05, 4.69) is 20.8 Å². The van der Waals surface area contributed by atoms with Gasteiger partial charge in [0, 0.05) is 18.7 Å². The van der Waals surface area contributed by atoms with Crippen LogP contribution in [0, 0.1) is 15.5 Å². The van der Waals surface area contributed by atoms with Crippen LogP contribution in [0.1, 0.15) is 26.3 Å². The molecular weight excluding hydrogens is 280 g/mol. The molecule has 6 heteroatoms. The summed E-state index contributed by atoms with van der Waals surface area (Å²) in [5.74, 6) is 0. The molecule has 1 N–H and O–H groups in total. The summed E-state index contributed by atoms with van der Waals surface area (Å²) >= 11 is 5.79. The second kappa shape index (κ2) is 6.52. The molecule has 0 spiro atoms. The fourth-order valence-corrected chi connectivity index (χ4v) is 2.46. The van der Waals surface area contributed by atoms with Gasteiger partial charge in [-0.05, 0) is 24.1 Å². The summed E-state index contributed by atoms with van der Waals surface area (Å²) in [6.07, 6.45) is 0. The minimum absolute atomic E-state index is 0.0303. The molecule has 1 aromatic carbocycles. The van der Waals surface area contributed by atoms with Crippen LogP contribution >= 0.6 is 11.6 Å². The third-order valence-corrected chi connectivity index (χ3v) is 3.66. The Hall–Kier alpha value is -1.17. The number of hydrogen-bond acceptors (Lipinski definition) is 4. The van der Waals surface area contributed by atoms with Crippen molar-refractivity contribution in [1.29, 1.82) is 0 Å². The zero-order valence-corrected chi connectivity index (χ0v) is 13.0. The van der Waals surface area contributed by atoms with E-state index in [0.29, 0.717) is 6.54 Å². The lowest BCUT2D eigenvalue weighted by Crippen LogP contribution is -2.43. The van der Waals surface area contributed by atoms with Crippen LogP contribution in [0.3, 0.4) is 0 Å². The molecule has 1 atom stereocenters. The third-order valence-electron chi connectivity index (χ3n) is 3.34. The van der Waals surface area contributed by atoms with Crippen LogP contribution in [-0.2, 0) is 6.54 Å². The lowest BCUT2D eigenvalue weighted by atomic mass is 9.86. The molecule has 0 aromatic heterocycles. The van der Waals surface area contributed by atoms with Gasteiger partial charge in [0.1, 0.15) is 5.02 Å². The van der Waals surface area contributed by atoms with Gasteiger partial charge in [-0.15, -0.1) is 0 Å². The average molecular weight is 301 g/mol.